The summed E-state index contributed by atoms with van der Waals surface area (Å²) in [5.41, 5.74) is 3.49. The standard InChI is InChI=1S/C14H17NO2/c1-8(2)12-7-15(4)13-5-9(3)10(14(16)17)6-11(12)13/h5-8H,1-4H3,(H,16,17). The van der Waals surface area contributed by atoms with Gasteiger partial charge in [0.25, 0.3) is 0 Å². The van der Waals surface area contributed by atoms with Crippen molar-refractivity contribution < 1.29 is 9.90 Å². The SMILES string of the molecule is Cc1cc2c(cc1C(=O)O)c(C(C)C)cn2C. The highest BCUT2D eigenvalue weighted by atomic mass is 16.4. The van der Waals surface area contributed by atoms with E-state index in [1.807, 2.05) is 20.0 Å². The first-order valence-corrected chi connectivity index (χ1v) is 5.74. The summed E-state index contributed by atoms with van der Waals surface area (Å²) in [6, 6.07) is 3.74. The Hall–Kier alpha value is -1.77. The Morgan fingerprint density at radius 1 is 1.35 bits per heavy atom. The van der Waals surface area contributed by atoms with Crippen molar-refractivity contribution in [3.05, 3.63) is 35.0 Å². The van der Waals surface area contributed by atoms with E-state index in [1.165, 1.54) is 5.56 Å². The van der Waals surface area contributed by atoms with Gasteiger partial charge < -0.3 is 9.67 Å². The highest BCUT2D eigenvalue weighted by Gasteiger charge is 2.14. The fourth-order valence-electron chi connectivity index (χ4n) is 2.25. The van der Waals surface area contributed by atoms with E-state index in [4.69, 9.17) is 5.11 Å². The number of carboxylic acid groups (broad SMARTS) is 1. The van der Waals surface area contributed by atoms with Crippen LogP contribution in [0.1, 0.15) is 41.3 Å². The van der Waals surface area contributed by atoms with Gasteiger partial charge in [-0.25, -0.2) is 4.79 Å². The maximum atomic E-state index is 11.1. The van der Waals surface area contributed by atoms with Gasteiger partial charge in [0.2, 0.25) is 0 Å². The van der Waals surface area contributed by atoms with E-state index < -0.39 is 5.97 Å². The van der Waals surface area contributed by atoms with E-state index in [1.54, 1.807) is 6.07 Å². The molecule has 1 aromatic carbocycles. The van der Waals surface area contributed by atoms with E-state index in [0.29, 0.717) is 11.5 Å². The summed E-state index contributed by atoms with van der Waals surface area (Å²) in [6.07, 6.45) is 2.08. The molecule has 0 aliphatic heterocycles. The average molecular weight is 231 g/mol. The van der Waals surface area contributed by atoms with Crippen LogP contribution in [0.2, 0.25) is 0 Å². The molecule has 0 aliphatic carbocycles. The van der Waals surface area contributed by atoms with Crippen LogP contribution in [0.25, 0.3) is 10.9 Å². The summed E-state index contributed by atoms with van der Waals surface area (Å²) in [5.74, 6) is -0.467. The van der Waals surface area contributed by atoms with Gasteiger partial charge in [-0.1, -0.05) is 13.8 Å². The summed E-state index contributed by atoms with van der Waals surface area (Å²) in [4.78, 5) is 11.1. The normalized spacial score (nSPS) is 11.4. The third-order valence-corrected chi connectivity index (χ3v) is 3.22. The van der Waals surface area contributed by atoms with E-state index in [2.05, 4.69) is 24.6 Å². The van der Waals surface area contributed by atoms with Crippen LogP contribution < -0.4 is 0 Å². The molecule has 0 saturated carbocycles. The second-order valence-electron chi connectivity index (χ2n) is 4.84. The van der Waals surface area contributed by atoms with Crippen LogP contribution in [0.15, 0.2) is 18.3 Å². The molecule has 0 spiro atoms. The van der Waals surface area contributed by atoms with Crippen molar-refractivity contribution in [3.63, 3.8) is 0 Å². The molecule has 0 radical (unpaired) electrons. The van der Waals surface area contributed by atoms with Gasteiger partial charge in [0.1, 0.15) is 0 Å². The van der Waals surface area contributed by atoms with Gasteiger partial charge in [-0.15, -0.1) is 0 Å². The molecular weight excluding hydrogens is 214 g/mol. The number of carboxylic acids is 1. The minimum atomic E-state index is -0.858. The number of aryl methyl sites for hydroxylation is 2. The van der Waals surface area contributed by atoms with Gasteiger partial charge in [-0.3, -0.25) is 0 Å². The Morgan fingerprint density at radius 3 is 2.53 bits per heavy atom. The molecule has 0 fully saturated rings. The smallest absolute Gasteiger partial charge is 0.335 e. The van der Waals surface area contributed by atoms with Crippen molar-refractivity contribution in [2.24, 2.45) is 7.05 Å². The van der Waals surface area contributed by atoms with Gasteiger partial charge >= 0.3 is 5.97 Å². The molecule has 2 rings (SSSR count). The van der Waals surface area contributed by atoms with Crippen LogP contribution in [0.4, 0.5) is 0 Å². The fraction of sp³-hybridized carbons (Fsp3) is 0.357. The Kier molecular flexibility index (Phi) is 2.69. The lowest BCUT2D eigenvalue weighted by atomic mass is 9.99. The molecule has 0 bridgehead atoms. The largest absolute Gasteiger partial charge is 0.478 e. The van der Waals surface area contributed by atoms with Crippen molar-refractivity contribution in [1.29, 1.82) is 0 Å². The number of rotatable bonds is 2. The van der Waals surface area contributed by atoms with E-state index in [0.717, 1.165) is 16.5 Å². The van der Waals surface area contributed by atoms with Crippen LogP contribution in [0.5, 0.6) is 0 Å². The lowest BCUT2D eigenvalue weighted by Crippen LogP contribution is -2.00. The second kappa shape index (κ2) is 3.91. The van der Waals surface area contributed by atoms with Crippen molar-refractivity contribution in [2.75, 3.05) is 0 Å². The van der Waals surface area contributed by atoms with Gasteiger partial charge in [0, 0.05) is 24.1 Å². The maximum Gasteiger partial charge on any atom is 0.335 e. The van der Waals surface area contributed by atoms with Crippen LogP contribution in [-0.4, -0.2) is 15.6 Å². The predicted molar refractivity (Wildman–Crippen MR) is 68.7 cm³/mol. The summed E-state index contributed by atoms with van der Waals surface area (Å²) in [7, 11) is 1.99. The highest BCUT2D eigenvalue weighted by molar-refractivity contribution is 5.96. The molecule has 90 valence electrons. The minimum Gasteiger partial charge on any atom is -0.478 e. The van der Waals surface area contributed by atoms with Crippen LogP contribution in [-0.2, 0) is 7.05 Å². The Labute approximate surface area is 101 Å². The van der Waals surface area contributed by atoms with Crippen molar-refractivity contribution in [3.8, 4) is 0 Å². The number of nitrogens with zero attached hydrogens (tertiary/aromatic N) is 1. The third kappa shape index (κ3) is 1.82. The molecule has 0 amide bonds. The molecule has 0 saturated heterocycles. The molecule has 0 aliphatic rings. The van der Waals surface area contributed by atoms with Gasteiger partial charge in [0.05, 0.1) is 5.56 Å². The molecule has 0 atom stereocenters. The lowest BCUT2D eigenvalue weighted by Gasteiger charge is -2.05. The topological polar surface area (TPSA) is 42.2 Å². The summed E-state index contributed by atoms with van der Waals surface area (Å²) < 4.78 is 2.06. The number of carbonyl (C=O) groups is 1. The fourth-order valence-corrected chi connectivity index (χ4v) is 2.25. The first-order chi connectivity index (χ1) is 7.91. The predicted octanol–water partition coefficient (Wildman–Crippen LogP) is 3.31. The first kappa shape index (κ1) is 11.7. The number of benzene rings is 1. The summed E-state index contributed by atoms with van der Waals surface area (Å²) in [5, 5.41) is 10.2. The van der Waals surface area contributed by atoms with Gasteiger partial charge in [-0.05, 0) is 36.1 Å². The number of aromatic nitrogens is 1. The van der Waals surface area contributed by atoms with E-state index in [-0.39, 0.29) is 0 Å². The summed E-state index contributed by atoms with van der Waals surface area (Å²) >= 11 is 0. The van der Waals surface area contributed by atoms with Crippen molar-refractivity contribution >= 4 is 16.9 Å². The zero-order valence-corrected chi connectivity index (χ0v) is 10.6. The summed E-state index contributed by atoms with van der Waals surface area (Å²) in [6.45, 7) is 6.08. The van der Waals surface area contributed by atoms with Crippen molar-refractivity contribution in [1.82, 2.24) is 4.57 Å². The molecular formula is C14H17NO2. The molecule has 17 heavy (non-hydrogen) atoms. The molecule has 1 N–H and O–H groups in total. The van der Waals surface area contributed by atoms with Crippen LogP contribution >= 0.6 is 0 Å². The van der Waals surface area contributed by atoms with E-state index in [9.17, 15) is 4.79 Å². The Bertz CT molecular complexity index is 594. The average Bonchev–Trinajstić information content (AvgIpc) is 2.55. The quantitative estimate of drug-likeness (QED) is 0.861. The van der Waals surface area contributed by atoms with Crippen molar-refractivity contribution in [2.45, 2.75) is 26.7 Å². The second-order valence-corrected chi connectivity index (χ2v) is 4.84. The van der Waals surface area contributed by atoms with E-state index >= 15 is 0 Å². The third-order valence-electron chi connectivity index (χ3n) is 3.22. The molecule has 3 heteroatoms. The maximum absolute atomic E-state index is 11.1. The lowest BCUT2D eigenvalue weighted by molar-refractivity contribution is 0.0696. The highest BCUT2D eigenvalue weighted by Crippen LogP contribution is 2.29. The number of aromatic carboxylic acids is 1. The molecule has 0 unspecified atom stereocenters. The van der Waals surface area contributed by atoms with Gasteiger partial charge in [-0.2, -0.15) is 0 Å². The number of fused-ring (bicyclic) bond motifs is 1. The molecule has 2 aromatic rings. The Balaban J connectivity index is 2.82. The Morgan fingerprint density at radius 2 is 2.00 bits per heavy atom. The first-order valence-electron chi connectivity index (χ1n) is 5.74. The molecule has 1 heterocycles. The van der Waals surface area contributed by atoms with Crippen LogP contribution in [0.3, 0.4) is 0 Å². The number of hydrogen-bond donors (Lipinski definition) is 1. The number of hydrogen-bond acceptors (Lipinski definition) is 1. The molecule has 1 aromatic heterocycles. The van der Waals surface area contributed by atoms with Crippen LogP contribution in [0, 0.1) is 6.92 Å². The van der Waals surface area contributed by atoms with Gasteiger partial charge in [0.15, 0.2) is 0 Å². The molecule has 3 nitrogen and oxygen atoms in total. The zero-order chi connectivity index (χ0) is 12.7. The zero-order valence-electron chi connectivity index (χ0n) is 10.6. The monoisotopic (exact) mass is 231 g/mol. The minimum absolute atomic E-state index is 0.392.